The largest absolute Gasteiger partial charge is 0.346 e. The van der Waals surface area contributed by atoms with Crippen molar-refractivity contribution >= 4 is 11.0 Å². The zero-order valence-corrected chi connectivity index (χ0v) is 8.94. The van der Waals surface area contributed by atoms with Gasteiger partial charge in [-0.25, -0.2) is 4.98 Å². The lowest BCUT2D eigenvalue weighted by atomic mass is 10.0. The van der Waals surface area contributed by atoms with Gasteiger partial charge in [-0.1, -0.05) is 0 Å². The fourth-order valence-electron chi connectivity index (χ4n) is 1.94. The van der Waals surface area contributed by atoms with E-state index in [1.807, 2.05) is 43.0 Å². The Balaban J connectivity index is 2.34. The summed E-state index contributed by atoms with van der Waals surface area (Å²) in [6, 6.07) is 6.10. The van der Waals surface area contributed by atoms with Crippen molar-refractivity contribution in [2.75, 3.05) is 0 Å². The zero-order chi connectivity index (χ0) is 11.0. The van der Waals surface area contributed by atoms with Gasteiger partial charge in [0.1, 0.15) is 5.65 Å². The summed E-state index contributed by atoms with van der Waals surface area (Å²) in [5.41, 5.74) is 4.48. The number of aromatic amines is 1. The maximum atomic E-state index is 4.28. The van der Waals surface area contributed by atoms with E-state index in [9.17, 15) is 0 Å². The number of aryl methyl sites for hydroxylation is 1. The Labute approximate surface area is 93.2 Å². The highest BCUT2D eigenvalue weighted by Gasteiger charge is 2.07. The zero-order valence-electron chi connectivity index (χ0n) is 8.94. The van der Waals surface area contributed by atoms with Gasteiger partial charge in [-0.15, -0.1) is 0 Å². The molecule has 78 valence electrons. The summed E-state index contributed by atoms with van der Waals surface area (Å²) in [6.07, 6.45) is 7.44. The SMILES string of the molecule is Cc1ccncc1-c1ccnc2[nH]ccc12. The summed E-state index contributed by atoms with van der Waals surface area (Å²) < 4.78 is 0. The molecule has 0 aliphatic carbocycles. The minimum Gasteiger partial charge on any atom is -0.346 e. The van der Waals surface area contributed by atoms with Crippen molar-refractivity contribution in [2.45, 2.75) is 6.92 Å². The maximum absolute atomic E-state index is 4.28. The number of pyridine rings is 2. The minimum absolute atomic E-state index is 0.917. The van der Waals surface area contributed by atoms with Gasteiger partial charge in [0.25, 0.3) is 0 Å². The highest BCUT2D eigenvalue weighted by molar-refractivity contribution is 5.93. The lowest BCUT2D eigenvalue weighted by Gasteiger charge is -2.05. The van der Waals surface area contributed by atoms with E-state index in [1.165, 1.54) is 11.1 Å². The first-order valence-electron chi connectivity index (χ1n) is 5.19. The average Bonchev–Trinajstić information content (AvgIpc) is 2.77. The predicted octanol–water partition coefficient (Wildman–Crippen LogP) is 2.93. The highest BCUT2D eigenvalue weighted by atomic mass is 14.8. The molecule has 3 heteroatoms. The third kappa shape index (κ3) is 1.29. The van der Waals surface area contributed by atoms with E-state index in [4.69, 9.17) is 0 Å². The van der Waals surface area contributed by atoms with Gasteiger partial charge < -0.3 is 4.98 Å². The van der Waals surface area contributed by atoms with Gasteiger partial charge in [0, 0.05) is 35.7 Å². The van der Waals surface area contributed by atoms with Crippen LogP contribution in [0.2, 0.25) is 0 Å². The molecule has 0 unspecified atom stereocenters. The number of hydrogen-bond acceptors (Lipinski definition) is 2. The first-order valence-corrected chi connectivity index (χ1v) is 5.19. The Kier molecular flexibility index (Phi) is 1.96. The molecule has 0 bridgehead atoms. The molecule has 0 fully saturated rings. The lowest BCUT2D eigenvalue weighted by Crippen LogP contribution is -1.86. The molecule has 0 amide bonds. The first-order chi connectivity index (χ1) is 7.86. The van der Waals surface area contributed by atoms with Crippen LogP contribution in [0.4, 0.5) is 0 Å². The summed E-state index contributed by atoms with van der Waals surface area (Å²) in [5.74, 6) is 0. The molecule has 3 aromatic rings. The highest BCUT2D eigenvalue weighted by Crippen LogP contribution is 2.28. The van der Waals surface area contributed by atoms with Crippen molar-refractivity contribution in [3.8, 4) is 11.1 Å². The van der Waals surface area contributed by atoms with Crippen LogP contribution in [0.3, 0.4) is 0 Å². The molecule has 0 spiro atoms. The Morgan fingerprint density at radius 1 is 1.06 bits per heavy atom. The van der Waals surface area contributed by atoms with Gasteiger partial charge in [0.15, 0.2) is 0 Å². The van der Waals surface area contributed by atoms with Crippen LogP contribution < -0.4 is 0 Å². The topological polar surface area (TPSA) is 41.6 Å². The van der Waals surface area contributed by atoms with Crippen LogP contribution in [0.5, 0.6) is 0 Å². The second-order valence-corrected chi connectivity index (χ2v) is 3.79. The van der Waals surface area contributed by atoms with E-state index >= 15 is 0 Å². The van der Waals surface area contributed by atoms with Crippen molar-refractivity contribution in [1.29, 1.82) is 0 Å². The molecule has 0 saturated heterocycles. The van der Waals surface area contributed by atoms with Crippen LogP contribution in [-0.2, 0) is 0 Å². The molecule has 3 rings (SSSR count). The monoisotopic (exact) mass is 209 g/mol. The van der Waals surface area contributed by atoms with Crippen LogP contribution in [-0.4, -0.2) is 15.0 Å². The van der Waals surface area contributed by atoms with Gasteiger partial charge in [-0.05, 0) is 36.2 Å². The molecule has 0 aromatic carbocycles. The summed E-state index contributed by atoms with van der Waals surface area (Å²) in [4.78, 5) is 11.6. The Hall–Kier alpha value is -2.16. The first kappa shape index (κ1) is 9.09. The smallest absolute Gasteiger partial charge is 0.137 e. The van der Waals surface area contributed by atoms with E-state index in [0.29, 0.717) is 0 Å². The lowest BCUT2D eigenvalue weighted by molar-refractivity contribution is 1.28. The third-order valence-corrected chi connectivity index (χ3v) is 2.79. The molecule has 3 aromatic heterocycles. The molecule has 1 N–H and O–H groups in total. The quantitative estimate of drug-likeness (QED) is 0.669. The number of H-pyrrole nitrogens is 1. The van der Waals surface area contributed by atoms with Crippen molar-refractivity contribution < 1.29 is 0 Å². The standard InChI is InChI=1S/C13H11N3/c1-9-2-5-14-8-12(9)10-3-6-15-13-11(10)4-7-16-13/h2-8H,1H3,(H,15,16). The number of nitrogens with zero attached hydrogens (tertiary/aromatic N) is 2. The van der Waals surface area contributed by atoms with Crippen molar-refractivity contribution in [2.24, 2.45) is 0 Å². The fraction of sp³-hybridized carbons (Fsp3) is 0.0769. The molecular formula is C13H11N3. The molecule has 3 heterocycles. The predicted molar refractivity (Wildman–Crippen MR) is 64.1 cm³/mol. The number of aromatic nitrogens is 3. The number of rotatable bonds is 1. The summed E-state index contributed by atoms with van der Waals surface area (Å²) in [7, 11) is 0. The van der Waals surface area contributed by atoms with Crippen molar-refractivity contribution in [3.05, 3.63) is 48.5 Å². The number of fused-ring (bicyclic) bond motifs is 1. The van der Waals surface area contributed by atoms with Crippen LogP contribution >= 0.6 is 0 Å². The summed E-state index contributed by atoms with van der Waals surface area (Å²) in [6.45, 7) is 2.09. The molecular weight excluding hydrogens is 198 g/mol. The van der Waals surface area contributed by atoms with Gasteiger partial charge in [-0.3, -0.25) is 4.98 Å². The Morgan fingerprint density at radius 2 is 2.00 bits per heavy atom. The third-order valence-electron chi connectivity index (χ3n) is 2.79. The normalized spacial score (nSPS) is 10.8. The van der Waals surface area contributed by atoms with Gasteiger partial charge in [0.2, 0.25) is 0 Å². The fourth-order valence-corrected chi connectivity index (χ4v) is 1.94. The molecule has 0 atom stereocenters. The summed E-state index contributed by atoms with van der Waals surface area (Å²) >= 11 is 0. The van der Waals surface area contributed by atoms with E-state index in [0.717, 1.165) is 16.6 Å². The average molecular weight is 209 g/mol. The number of hydrogen-bond donors (Lipinski definition) is 1. The Bertz CT molecular complexity index is 640. The van der Waals surface area contributed by atoms with E-state index < -0.39 is 0 Å². The van der Waals surface area contributed by atoms with Crippen molar-refractivity contribution in [3.63, 3.8) is 0 Å². The van der Waals surface area contributed by atoms with Crippen molar-refractivity contribution in [1.82, 2.24) is 15.0 Å². The van der Waals surface area contributed by atoms with Crippen LogP contribution in [0.15, 0.2) is 43.0 Å². The van der Waals surface area contributed by atoms with E-state index in [2.05, 4.69) is 21.9 Å². The molecule has 0 saturated carbocycles. The van der Waals surface area contributed by atoms with Gasteiger partial charge >= 0.3 is 0 Å². The van der Waals surface area contributed by atoms with Crippen LogP contribution in [0.1, 0.15) is 5.56 Å². The van der Waals surface area contributed by atoms with Gasteiger partial charge in [0.05, 0.1) is 0 Å². The second kappa shape index (κ2) is 3.45. The molecule has 16 heavy (non-hydrogen) atoms. The Morgan fingerprint density at radius 3 is 2.88 bits per heavy atom. The van der Waals surface area contributed by atoms with Crippen LogP contribution in [0.25, 0.3) is 22.2 Å². The van der Waals surface area contributed by atoms with E-state index in [-0.39, 0.29) is 0 Å². The maximum Gasteiger partial charge on any atom is 0.137 e. The molecule has 3 nitrogen and oxygen atoms in total. The minimum atomic E-state index is 0.917. The van der Waals surface area contributed by atoms with Crippen LogP contribution in [0, 0.1) is 6.92 Å². The molecule has 0 aliphatic heterocycles. The second-order valence-electron chi connectivity index (χ2n) is 3.79. The molecule has 0 radical (unpaired) electrons. The summed E-state index contributed by atoms with van der Waals surface area (Å²) in [5, 5.41) is 1.14. The molecule has 0 aliphatic rings. The van der Waals surface area contributed by atoms with E-state index in [1.54, 1.807) is 0 Å². The van der Waals surface area contributed by atoms with Gasteiger partial charge in [-0.2, -0.15) is 0 Å². The number of nitrogens with one attached hydrogen (secondary N) is 1.